The van der Waals surface area contributed by atoms with Gasteiger partial charge >= 0.3 is 0 Å². The quantitative estimate of drug-likeness (QED) is 0.561. The number of benzene rings is 1. The Kier molecular flexibility index (Phi) is 5.02. The van der Waals surface area contributed by atoms with E-state index in [1.165, 1.54) is 0 Å². The van der Waals surface area contributed by atoms with Crippen molar-refractivity contribution in [3.63, 3.8) is 0 Å². The summed E-state index contributed by atoms with van der Waals surface area (Å²) in [6.45, 7) is -0.486. The molecule has 7 heteroatoms. The van der Waals surface area contributed by atoms with Gasteiger partial charge in [-0.15, -0.1) is 0 Å². The topological polar surface area (TPSA) is 103 Å². The monoisotopic (exact) mass is 299 g/mol. The molecule has 1 saturated heterocycles. The lowest BCUT2D eigenvalue weighted by atomic mass is 9.99. The maximum Gasteiger partial charge on any atom is 0.229 e. The summed E-state index contributed by atoms with van der Waals surface area (Å²) in [5.74, 6) is 0.465. The second-order valence-corrected chi connectivity index (χ2v) is 5.18. The normalized spacial score (nSPS) is 32.8. The Morgan fingerprint density at radius 2 is 1.76 bits per heavy atom. The highest BCUT2D eigenvalue weighted by molar-refractivity contribution is 5.57. The van der Waals surface area contributed by atoms with Crippen molar-refractivity contribution in [2.45, 2.75) is 30.7 Å². The smallest absolute Gasteiger partial charge is 0.229 e. The second-order valence-electron chi connectivity index (χ2n) is 5.18. The second kappa shape index (κ2) is 6.59. The molecule has 0 unspecified atom stereocenters. The average molecular weight is 299 g/mol. The Labute approximate surface area is 123 Å². The molecule has 0 spiro atoms. The van der Waals surface area contributed by atoms with Crippen molar-refractivity contribution in [2.75, 3.05) is 25.6 Å². The zero-order valence-corrected chi connectivity index (χ0v) is 12.0. The zero-order chi connectivity index (χ0) is 15.6. The van der Waals surface area contributed by atoms with Crippen molar-refractivity contribution in [3.8, 4) is 5.75 Å². The Hall–Kier alpha value is -1.38. The molecule has 0 amide bonds. The molecule has 0 aliphatic carbocycles. The van der Waals surface area contributed by atoms with Crippen LogP contribution in [0, 0.1) is 0 Å². The summed E-state index contributed by atoms with van der Waals surface area (Å²) in [7, 11) is 3.69. The van der Waals surface area contributed by atoms with E-state index in [-0.39, 0.29) is 0 Å². The first-order valence-electron chi connectivity index (χ1n) is 6.69. The van der Waals surface area contributed by atoms with Crippen LogP contribution in [0.3, 0.4) is 0 Å². The van der Waals surface area contributed by atoms with Gasteiger partial charge < -0.3 is 34.8 Å². The van der Waals surface area contributed by atoms with Gasteiger partial charge in [0.2, 0.25) is 6.29 Å². The van der Waals surface area contributed by atoms with Gasteiger partial charge in [0.05, 0.1) is 12.3 Å². The largest absolute Gasteiger partial charge is 0.460 e. The highest BCUT2D eigenvalue weighted by Crippen LogP contribution is 2.30. The lowest BCUT2D eigenvalue weighted by Crippen LogP contribution is -2.60. The third kappa shape index (κ3) is 3.28. The van der Waals surface area contributed by atoms with Gasteiger partial charge in [-0.2, -0.15) is 0 Å². The molecule has 0 saturated carbocycles. The maximum absolute atomic E-state index is 9.96. The van der Waals surface area contributed by atoms with Gasteiger partial charge in [0.1, 0.15) is 30.2 Å². The summed E-state index contributed by atoms with van der Waals surface area (Å²) in [6, 6.07) is 7.15. The van der Waals surface area contributed by atoms with E-state index in [9.17, 15) is 15.3 Å². The number of rotatable bonds is 4. The fraction of sp³-hybridized carbons (Fsp3) is 0.571. The number of hydrogen-bond donors (Lipinski definition) is 4. The number of aliphatic hydroxyl groups excluding tert-OH is 4. The third-order valence-corrected chi connectivity index (χ3v) is 3.44. The van der Waals surface area contributed by atoms with Crippen molar-refractivity contribution in [1.29, 1.82) is 0 Å². The van der Waals surface area contributed by atoms with E-state index in [0.29, 0.717) is 5.75 Å². The summed E-state index contributed by atoms with van der Waals surface area (Å²) in [5, 5.41) is 38.6. The number of ether oxygens (including phenoxy) is 2. The van der Waals surface area contributed by atoms with E-state index < -0.39 is 37.3 Å². The predicted molar refractivity (Wildman–Crippen MR) is 75.2 cm³/mol. The summed E-state index contributed by atoms with van der Waals surface area (Å²) in [6.07, 6.45) is -6.43. The van der Waals surface area contributed by atoms with Gasteiger partial charge in [0, 0.05) is 14.1 Å². The predicted octanol–water partition coefficient (Wildman–Crippen LogP) is -1.07. The van der Waals surface area contributed by atoms with Crippen LogP contribution in [0.1, 0.15) is 0 Å². The highest BCUT2D eigenvalue weighted by atomic mass is 16.7. The van der Waals surface area contributed by atoms with E-state index in [0.717, 1.165) is 5.69 Å². The van der Waals surface area contributed by atoms with Crippen LogP contribution in [0.15, 0.2) is 24.3 Å². The molecule has 1 aromatic rings. The fourth-order valence-corrected chi connectivity index (χ4v) is 2.22. The first-order chi connectivity index (χ1) is 9.95. The van der Waals surface area contributed by atoms with Crippen molar-refractivity contribution < 1.29 is 29.9 Å². The van der Waals surface area contributed by atoms with Crippen LogP contribution in [0.2, 0.25) is 0 Å². The van der Waals surface area contributed by atoms with Gasteiger partial charge in [-0.3, -0.25) is 0 Å². The number of anilines is 1. The van der Waals surface area contributed by atoms with Gasteiger partial charge in [-0.1, -0.05) is 12.1 Å². The fourth-order valence-electron chi connectivity index (χ4n) is 2.22. The SMILES string of the molecule is CN(C)c1ccccc1O[C@@H]1O[C@H](CO)[C@H](O)[C@H](O)[C@H]1O. The molecular weight excluding hydrogens is 278 g/mol. The molecule has 4 N–H and O–H groups in total. The molecule has 1 heterocycles. The van der Waals surface area contributed by atoms with Crippen LogP contribution in [-0.2, 0) is 4.74 Å². The maximum atomic E-state index is 9.96. The number of aliphatic hydroxyl groups is 4. The van der Waals surface area contributed by atoms with E-state index in [1.807, 2.05) is 31.1 Å². The average Bonchev–Trinajstić information content (AvgIpc) is 2.48. The van der Waals surface area contributed by atoms with Crippen LogP contribution in [0.4, 0.5) is 5.69 Å². The summed E-state index contributed by atoms with van der Waals surface area (Å²) in [4.78, 5) is 1.83. The van der Waals surface area contributed by atoms with Gasteiger partial charge in [-0.25, -0.2) is 0 Å². The van der Waals surface area contributed by atoms with Gasteiger partial charge in [-0.05, 0) is 12.1 Å². The first kappa shape index (κ1) is 16.0. The molecule has 1 aliphatic rings. The molecule has 7 nitrogen and oxygen atoms in total. The standard InChI is InChI=1S/C14H21NO6/c1-15(2)8-5-3-4-6-9(8)20-14-13(19)12(18)11(17)10(7-16)21-14/h3-6,10-14,16-19H,7H2,1-2H3/t10-,11+,12+,13-,14-/m1/s1. The molecule has 1 aromatic carbocycles. The molecule has 0 radical (unpaired) electrons. The van der Waals surface area contributed by atoms with Crippen molar-refractivity contribution in [1.82, 2.24) is 0 Å². The molecule has 5 atom stereocenters. The molecule has 2 rings (SSSR count). The summed E-state index contributed by atoms with van der Waals surface area (Å²) < 4.78 is 10.9. The van der Waals surface area contributed by atoms with Crippen molar-refractivity contribution in [3.05, 3.63) is 24.3 Å². The molecule has 1 aliphatic heterocycles. The van der Waals surface area contributed by atoms with Crippen LogP contribution in [0.25, 0.3) is 0 Å². The summed E-state index contributed by atoms with van der Waals surface area (Å²) in [5.41, 5.74) is 0.773. The highest BCUT2D eigenvalue weighted by Gasteiger charge is 2.44. The Morgan fingerprint density at radius 1 is 1.10 bits per heavy atom. The van der Waals surface area contributed by atoms with Crippen molar-refractivity contribution in [2.24, 2.45) is 0 Å². The minimum absolute atomic E-state index is 0.465. The van der Waals surface area contributed by atoms with E-state index in [4.69, 9.17) is 14.6 Å². The van der Waals surface area contributed by atoms with E-state index in [1.54, 1.807) is 12.1 Å². The van der Waals surface area contributed by atoms with E-state index >= 15 is 0 Å². The van der Waals surface area contributed by atoms with Crippen LogP contribution < -0.4 is 9.64 Å². The van der Waals surface area contributed by atoms with Crippen LogP contribution in [-0.4, -0.2) is 71.8 Å². The molecule has 0 aromatic heterocycles. The minimum atomic E-state index is -1.45. The molecular formula is C14H21NO6. The number of hydrogen-bond acceptors (Lipinski definition) is 7. The molecule has 118 valence electrons. The Morgan fingerprint density at radius 3 is 2.38 bits per heavy atom. The lowest BCUT2D eigenvalue weighted by molar-refractivity contribution is -0.277. The lowest BCUT2D eigenvalue weighted by Gasteiger charge is -2.39. The molecule has 0 bridgehead atoms. The van der Waals surface area contributed by atoms with Gasteiger partial charge in [0.15, 0.2) is 0 Å². The minimum Gasteiger partial charge on any atom is -0.460 e. The van der Waals surface area contributed by atoms with Crippen LogP contribution >= 0.6 is 0 Å². The van der Waals surface area contributed by atoms with Gasteiger partial charge in [0.25, 0.3) is 0 Å². The van der Waals surface area contributed by atoms with E-state index in [2.05, 4.69) is 0 Å². The molecule has 1 fully saturated rings. The first-order valence-corrected chi connectivity index (χ1v) is 6.69. The third-order valence-electron chi connectivity index (χ3n) is 3.44. The van der Waals surface area contributed by atoms with Crippen LogP contribution in [0.5, 0.6) is 5.75 Å². The Bertz CT molecular complexity index is 467. The van der Waals surface area contributed by atoms with Crippen molar-refractivity contribution >= 4 is 5.69 Å². The number of para-hydroxylation sites is 2. The molecule has 21 heavy (non-hydrogen) atoms. The summed E-state index contributed by atoms with van der Waals surface area (Å²) >= 11 is 0. The number of nitrogens with zero attached hydrogens (tertiary/aromatic N) is 1. The zero-order valence-electron chi connectivity index (χ0n) is 12.0. The Balaban J connectivity index is 2.19.